The predicted molar refractivity (Wildman–Crippen MR) is 74.9 cm³/mol. The molecule has 0 spiro atoms. The van der Waals surface area contributed by atoms with E-state index in [2.05, 4.69) is 18.2 Å². The summed E-state index contributed by atoms with van der Waals surface area (Å²) in [5.41, 5.74) is 3.63. The molecule has 1 aromatic rings. The molecule has 0 fully saturated rings. The van der Waals surface area contributed by atoms with Crippen molar-refractivity contribution in [3.05, 3.63) is 41.5 Å². The molecule has 1 atom stereocenters. The van der Waals surface area contributed by atoms with E-state index in [4.69, 9.17) is 5.11 Å². The molecule has 2 N–H and O–H groups in total. The molecule has 3 nitrogen and oxygen atoms in total. The van der Waals surface area contributed by atoms with E-state index in [0.717, 1.165) is 18.4 Å². The van der Waals surface area contributed by atoms with E-state index in [1.54, 1.807) is 0 Å². The highest BCUT2D eigenvalue weighted by atomic mass is 16.4. The maximum Gasteiger partial charge on any atom is 0.305 e. The Balaban J connectivity index is 1.98. The summed E-state index contributed by atoms with van der Waals surface area (Å²) >= 11 is 0. The molecule has 0 heterocycles. The van der Waals surface area contributed by atoms with Crippen LogP contribution in [-0.2, 0) is 11.2 Å². The molecule has 102 valence electrons. The molecule has 0 aromatic heterocycles. The van der Waals surface area contributed by atoms with Crippen molar-refractivity contribution in [3.63, 3.8) is 0 Å². The van der Waals surface area contributed by atoms with Crippen LogP contribution >= 0.6 is 0 Å². The minimum Gasteiger partial charge on any atom is -0.481 e. The summed E-state index contributed by atoms with van der Waals surface area (Å²) in [6, 6.07) is 8.10. The fourth-order valence-corrected chi connectivity index (χ4v) is 2.50. The second-order valence-electron chi connectivity index (χ2n) is 5.13. The minimum atomic E-state index is -0.962. The van der Waals surface area contributed by atoms with Crippen molar-refractivity contribution >= 4 is 11.5 Å². The lowest BCUT2D eigenvalue weighted by molar-refractivity contribution is -0.139. The third kappa shape index (κ3) is 4.21. The van der Waals surface area contributed by atoms with Gasteiger partial charge in [0.15, 0.2) is 0 Å². The molecule has 0 saturated carbocycles. The van der Waals surface area contributed by atoms with Crippen molar-refractivity contribution in [2.75, 3.05) is 0 Å². The van der Waals surface area contributed by atoms with Gasteiger partial charge in [-0.25, -0.2) is 0 Å². The minimum absolute atomic E-state index is 0.201. The zero-order valence-electron chi connectivity index (χ0n) is 11.0. The number of aliphatic hydroxyl groups is 1. The first kappa shape index (κ1) is 13.8. The van der Waals surface area contributed by atoms with Gasteiger partial charge >= 0.3 is 5.97 Å². The Morgan fingerprint density at radius 2 is 1.95 bits per heavy atom. The summed E-state index contributed by atoms with van der Waals surface area (Å²) in [6.45, 7) is 0. The van der Waals surface area contributed by atoms with Crippen molar-refractivity contribution in [1.29, 1.82) is 0 Å². The van der Waals surface area contributed by atoms with Crippen LogP contribution in [0, 0.1) is 0 Å². The SMILES string of the molecule is O=C(O)C[C@H](O)Cc1ccc(C2=CCCCC2)cc1. The van der Waals surface area contributed by atoms with Gasteiger partial charge in [-0.1, -0.05) is 30.3 Å². The standard InChI is InChI=1S/C16H20O3/c17-15(11-16(18)19)10-12-6-8-14(9-7-12)13-4-2-1-3-5-13/h4,6-9,15,17H,1-3,5,10-11H2,(H,18,19)/t15-/m1/s1. The Bertz CT molecular complexity index is 459. The van der Waals surface area contributed by atoms with Gasteiger partial charge in [0.05, 0.1) is 12.5 Å². The molecule has 0 amide bonds. The van der Waals surface area contributed by atoms with Gasteiger partial charge in [-0.2, -0.15) is 0 Å². The van der Waals surface area contributed by atoms with Crippen molar-refractivity contribution in [2.24, 2.45) is 0 Å². The number of hydrogen-bond donors (Lipinski definition) is 2. The van der Waals surface area contributed by atoms with E-state index in [1.807, 2.05) is 12.1 Å². The van der Waals surface area contributed by atoms with Crippen LogP contribution < -0.4 is 0 Å². The van der Waals surface area contributed by atoms with Gasteiger partial charge in [0, 0.05) is 0 Å². The summed E-state index contributed by atoms with van der Waals surface area (Å²) in [4.78, 5) is 10.5. The van der Waals surface area contributed by atoms with Crippen LogP contribution in [0.4, 0.5) is 0 Å². The number of carboxylic acid groups (broad SMARTS) is 1. The summed E-state index contributed by atoms with van der Waals surface area (Å²) in [5, 5.41) is 18.2. The normalized spacial score (nSPS) is 16.8. The Labute approximate surface area is 113 Å². The molecule has 19 heavy (non-hydrogen) atoms. The van der Waals surface area contributed by atoms with Crippen molar-refractivity contribution in [3.8, 4) is 0 Å². The first-order valence-electron chi connectivity index (χ1n) is 6.83. The molecule has 3 heteroatoms. The molecule has 0 aliphatic heterocycles. The monoisotopic (exact) mass is 260 g/mol. The van der Waals surface area contributed by atoms with Crippen LogP contribution in [-0.4, -0.2) is 22.3 Å². The van der Waals surface area contributed by atoms with E-state index in [9.17, 15) is 9.90 Å². The summed E-state index contributed by atoms with van der Waals surface area (Å²) in [7, 11) is 0. The highest BCUT2D eigenvalue weighted by Gasteiger charge is 2.11. The average molecular weight is 260 g/mol. The van der Waals surface area contributed by atoms with E-state index in [-0.39, 0.29) is 6.42 Å². The molecule has 1 aliphatic rings. The van der Waals surface area contributed by atoms with Crippen LogP contribution in [0.2, 0.25) is 0 Å². The molecular weight excluding hydrogens is 240 g/mol. The van der Waals surface area contributed by atoms with Gasteiger partial charge < -0.3 is 10.2 Å². The first-order chi connectivity index (χ1) is 9.15. The van der Waals surface area contributed by atoms with Crippen LogP contribution in [0.1, 0.15) is 43.2 Å². The number of aliphatic carboxylic acids is 1. The molecule has 1 aromatic carbocycles. The zero-order valence-corrected chi connectivity index (χ0v) is 11.0. The Kier molecular flexibility index (Phi) is 4.74. The molecule has 0 radical (unpaired) electrons. The number of allylic oxidation sites excluding steroid dienone is 2. The van der Waals surface area contributed by atoms with Gasteiger partial charge in [-0.05, 0) is 48.8 Å². The lowest BCUT2D eigenvalue weighted by Crippen LogP contribution is -2.15. The fraction of sp³-hybridized carbons (Fsp3) is 0.438. The zero-order chi connectivity index (χ0) is 13.7. The lowest BCUT2D eigenvalue weighted by Gasteiger charge is -2.14. The lowest BCUT2D eigenvalue weighted by atomic mass is 9.92. The molecule has 1 aliphatic carbocycles. The smallest absolute Gasteiger partial charge is 0.305 e. The number of carbonyl (C=O) groups is 1. The average Bonchev–Trinajstić information content (AvgIpc) is 2.39. The largest absolute Gasteiger partial charge is 0.481 e. The second kappa shape index (κ2) is 6.53. The number of aliphatic hydroxyl groups excluding tert-OH is 1. The van der Waals surface area contributed by atoms with E-state index in [1.165, 1.54) is 24.0 Å². The molecule has 0 bridgehead atoms. The van der Waals surface area contributed by atoms with E-state index < -0.39 is 12.1 Å². The van der Waals surface area contributed by atoms with Crippen LogP contribution in [0.25, 0.3) is 5.57 Å². The van der Waals surface area contributed by atoms with Crippen molar-refractivity contribution in [2.45, 2.75) is 44.6 Å². The molecule has 0 saturated heterocycles. The Hall–Kier alpha value is -1.61. The van der Waals surface area contributed by atoms with Crippen LogP contribution in [0.3, 0.4) is 0 Å². The second-order valence-corrected chi connectivity index (χ2v) is 5.13. The molecular formula is C16H20O3. The van der Waals surface area contributed by atoms with Crippen LogP contribution in [0.5, 0.6) is 0 Å². The molecule has 2 rings (SSSR count). The van der Waals surface area contributed by atoms with Gasteiger partial charge in [0.1, 0.15) is 0 Å². The predicted octanol–water partition coefficient (Wildman–Crippen LogP) is 3.02. The number of hydrogen-bond acceptors (Lipinski definition) is 2. The van der Waals surface area contributed by atoms with Gasteiger partial charge in [-0.3, -0.25) is 4.79 Å². The van der Waals surface area contributed by atoms with Gasteiger partial charge in [-0.15, -0.1) is 0 Å². The van der Waals surface area contributed by atoms with Crippen molar-refractivity contribution in [1.82, 2.24) is 0 Å². The third-order valence-corrected chi connectivity index (χ3v) is 3.50. The molecule has 0 unspecified atom stereocenters. The van der Waals surface area contributed by atoms with E-state index >= 15 is 0 Å². The highest BCUT2D eigenvalue weighted by Crippen LogP contribution is 2.26. The maximum absolute atomic E-state index is 10.5. The van der Waals surface area contributed by atoms with Crippen LogP contribution in [0.15, 0.2) is 30.3 Å². The topological polar surface area (TPSA) is 57.5 Å². The Morgan fingerprint density at radius 1 is 1.21 bits per heavy atom. The maximum atomic E-state index is 10.5. The first-order valence-corrected chi connectivity index (χ1v) is 6.83. The van der Waals surface area contributed by atoms with E-state index in [0.29, 0.717) is 6.42 Å². The number of benzene rings is 1. The summed E-state index contributed by atoms with van der Waals surface area (Å²) in [5.74, 6) is -0.962. The van der Waals surface area contributed by atoms with Gasteiger partial charge in [0.2, 0.25) is 0 Å². The third-order valence-electron chi connectivity index (χ3n) is 3.50. The van der Waals surface area contributed by atoms with Crippen molar-refractivity contribution < 1.29 is 15.0 Å². The fourth-order valence-electron chi connectivity index (χ4n) is 2.50. The Morgan fingerprint density at radius 3 is 2.53 bits per heavy atom. The number of carboxylic acids is 1. The summed E-state index contributed by atoms with van der Waals surface area (Å²) in [6.07, 6.45) is 6.52. The quantitative estimate of drug-likeness (QED) is 0.855. The van der Waals surface area contributed by atoms with Gasteiger partial charge in [0.25, 0.3) is 0 Å². The number of rotatable bonds is 5. The summed E-state index contributed by atoms with van der Waals surface area (Å²) < 4.78 is 0. The highest BCUT2D eigenvalue weighted by molar-refractivity contribution is 5.67.